The first kappa shape index (κ1) is 19.3. The molecule has 0 fully saturated rings. The number of aliphatic imine (C=N–C) groups is 1. The van der Waals surface area contributed by atoms with Gasteiger partial charge in [-0.2, -0.15) is 0 Å². The minimum atomic E-state index is -0.238. The van der Waals surface area contributed by atoms with Gasteiger partial charge in [-0.15, -0.1) is 6.58 Å². The van der Waals surface area contributed by atoms with Crippen molar-refractivity contribution in [3.63, 3.8) is 0 Å². The van der Waals surface area contributed by atoms with E-state index in [9.17, 15) is 0 Å². The Morgan fingerprint density at radius 3 is 2.71 bits per heavy atom. The first-order chi connectivity index (χ1) is 11.4. The molecular formula is C19H26Cl2N2O. The summed E-state index contributed by atoms with van der Waals surface area (Å²) in [5, 5.41) is 1.10. The van der Waals surface area contributed by atoms with E-state index in [1.54, 1.807) is 0 Å². The van der Waals surface area contributed by atoms with Crippen molar-refractivity contribution in [2.24, 2.45) is 16.6 Å². The Morgan fingerprint density at radius 2 is 2.17 bits per heavy atom. The van der Waals surface area contributed by atoms with Crippen LogP contribution in [-0.4, -0.2) is 25.1 Å². The van der Waals surface area contributed by atoms with Crippen LogP contribution in [0.5, 0.6) is 0 Å². The topological polar surface area (TPSA) is 47.6 Å². The molecular weight excluding hydrogens is 343 g/mol. The Hall–Kier alpha value is -1.03. The second-order valence-corrected chi connectivity index (χ2v) is 7.57. The van der Waals surface area contributed by atoms with Crippen LogP contribution in [0.1, 0.15) is 38.7 Å². The summed E-state index contributed by atoms with van der Waals surface area (Å²) in [6, 6.07) is 6.00. The molecule has 0 aromatic heterocycles. The van der Waals surface area contributed by atoms with Gasteiger partial charge in [-0.1, -0.05) is 49.2 Å². The first-order valence-corrected chi connectivity index (χ1v) is 9.13. The SMILES string of the molecule is C=CC[C@](CN)(CCC1=N[C@@H](C(C)C)CO1)c1ccc(Cl)c(Cl)c1. The number of nitrogens with zero attached hydrogens (tertiary/aromatic N) is 1. The van der Waals surface area contributed by atoms with Gasteiger partial charge in [0.2, 0.25) is 0 Å². The number of nitrogens with two attached hydrogens (primary N) is 1. The molecule has 1 aliphatic rings. The molecule has 1 aromatic rings. The van der Waals surface area contributed by atoms with Crippen LogP contribution < -0.4 is 5.73 Å². The summed E-state index contributed by atoms with van der Waals surface area (Å²) in [7, 11) is 0. The molecule has 2 rings (SSSR count). The van der Waals surface area contributed by atoms with E-state index >= 15 is 0 Å². The normalized spacial score (nSPS) is 19.8. The molecule has 0 saturated carbocycles. The number of rotatable bonds is 8. The Balaban J connectivity index is 2.20. The van der Waals surface area contributed by atoms with E-state index in [4.69, 9.17) is 38.7 Å². The highest BCUT2D eigenvalue weighted by Crippen LogP contribution is 2.36. The zero-order valence-corrected chi connectivity index (χ0v) is 15.9. The molecule has 2 atom stereocenters. The number of hydrogen-bond acceptors (Lipinski definition) is 3. The summed E-state index contributed by atoms with van der Waals surface area (Å²) in [4.78, 5) is 4.69. The summed E-state index contributed by atoms with van der Waals surface area (Å²) in [6.45, 7) is 9.40. The van der Waals surface area contributed by atoms with Gasteiger partial charge >= 0.3 is 0 Å². The molecule has 1 heterocycles. The van der Waals surface area contributed by atoms with Crippen LogP contribution in [0.2, 0.25) is 10.0 Å². The zero-order valence-electron chi connectivity index (χ0n) is 14.4. The maximum absolute atomic E-state index is 6.21. The van der Waals surface area contributed by atoms with Crippen molar-refractivity contribution in [3.8, 4) is 0 Å². The van der Waals surface area contributed by atoms with Crippen molar-refractivity contribution in [2.45, 2.75) is 44.6 Å². The third kappa shape index (κ3) is 4.33. The van der Waals surface area contributed by atoms with Crippen molar-refractivity contribution >= 4 is 29.1 Å². The summed E-state index contributed by atoms with van der Waals surface area (Å²) in [6.07, 6.45) is 4.26. The van der Waals surface area contributed by atoms with E-state index < -0.39 is 0 Å². The largest absolute Gasteiger partial charge is 0.479 e. The molecule has 5 heteroatoms. The van der Waals surface area contributed by atoms with Crippen LogP contribution in [0.25, 0.3) is 0 Å². The Bertz CT molecular complexity index is 615. The molecule has 0 bridgehead atoms. The lowest BCUT2D eigenvalue weighted by atomic mass is 9.74. The maximum Gasteiger partial charge on any atom is 0.183 e. The van der Waals surface area contributed by atoms with Crippen LogP contribution in [0.15, 0.2) is 35.8 Å². The zero-order chi connectivity index (χ0) is 17.7. The molecule has 0 spiro atoms. The smallest absolute Gasteiger partial charge is 0.183 e. The summed E-state index contributed by atoms with van der Waals surface area (Å²) in [5.41, 5.74) is 7.01. The van der Waals surface area contributed by atoms with Gasteiger partial charge in [0.25, 0.3) is 0 Å². The highest BCUT2D eigenvalue weighted by Gasteiger charge is 2.32. The molecule has 1 aliphatic heterocycles. The average Bonchev–Trinajstić information content (AvgIpc) is 3.03. The predicted octanol–water partition coefficient (Wildman–Crippen LogP) is 5.00. The van der Waals surface area contributed by atoms with Crippen molar-refractivity contribution in [1.29, 1.82) is 0 Å². The van der Waals surface area contributed by atoms with E-state index in [1.807, 2.05) is 24.3 Å². The lowest BCUT2D eigenvalue weighted by Crippen LogP contribution is -2.35. The van der Waals surface area contributed by atoms with Crippen LogP contribution in [0.4, 0.5) is 0 Å². The fraction of sp³-hybridized carbons (Fsp3) is 0.526. The third-order valence-corrected chi connectivity index (χ3v) is 5.51. The third-order valence-electron chi connectivity index (χ3n) is 4.78. The fourth-order valence-electron chi connectivity index (χ4n) is 3.04. The molecule has 0 amide bonds. The number of benzene rings is 1. The summed E-state index contributed by atoms with van der Waals surface area (Å²) in [5.74, 6) is 1.32. The van der Waals surface area contributed by atoms with Crippen molar-refractivity contribution < 1.29 is 4.74 Å². The standard InChI is InChI=1S/C19H26Cl2N2O/c1-4-8-19(12-22,14-5-6-15(20)16(21)10-14)9-7-18-23-17(11-24-18)13(2)3/h4-6,10,13,17H,1,7-9,11-12,22H2,2-3H3/t17-,19-/m1/s1. The molecule has 0 unspecified atom stereocenters. The second kappa shape index (κ2) is 8.37. The summed E-state index contributed by atoms with van der Waals surface area (Å²) >= 11 is 12.3. The van der Waals surface area contributed by atoms with E-state index in [0.29, 0.717) is 29.1 Å². The molecule has 1 aromatic carbocycles. The number of allylic oxidation sites excluding steroid dienone is 1. The molecule has 24 heavy (non-hydrogen) atoms. The van der Waals surface area contributed by atoms with Gasteiger partial charge in [0.15, 0.2) is 5.90 Å². The minimum Gasteiger partial charge on any atom is -0.479 e. The van der Waals surface area contributed by atoms with Gasteiger partial charge in [-0.25, -0.2) is 4.99 Å². The molecule has 0 aliphatic carbocycles. The lowest BCUT2D eigenvalue weighted by Gasteiger charge is -2.32. The maximum atomic E-state index is 6.21. The van der Waals surface area contributed by atoms with Crippen molar-refractivity contribution in [2.75, 3.05) is 13.2 Å². The van der Waals surface area contributed by atoms with Gasteiger partial charge in [0, 0.05) is 18.4 Å². The fourth-order valence-corrected chi connectivity index (χ4v) is 3.33. The Morgan fingerprint density at radius 1 is 1.42 bits per heavy atom. The van der Waals surface area contributed by atoms with E-state index in [-0.39, 0.29) is 11.5 Å². The van der Waals surface area contributed by atoms with E-state index in [1.165, 1.54) is 0 Å². The lowest BCUT2D eigenvalue weighted by molar-refractivity contribution is 0.281. The highest BCUT2D eigenvalue weighted by atomic mass is 35.5. The number of ether oxygens (including phenoxy) is 1. The van der Waals surface area contributed by atoms with Crippen LogP contribution in [0, 0.1) is 5.92 Å². The van der Waals surface area contributed by atoms with Gasteiger partial charge in [-0.05, 0) is 36.5 Å². The average molecular weight is 369 g/mol. The van der Waals surface area contributed by atoms with Gasteiger partial charge in [0.1, 0.15) is 6.61 Å². The van der Waals surface area contributed by atoms with E-state index in [0.717, 1.165) is 30.7 Å². The molecule has 132 valence electrons. The molecule has 3 nitrogen and oxygen atoms in total. The highest BCUT2D eigenvalue weighted by molar-refractivity contribution is 6.42. The van der Waals surface area contributed by atoms with Crippen LogP contribution >= 0.6 is 23.2 Å². The minimum absolute atomic E-state index is 0.238. The quantitative estimate of drug-likeness (QED) is 0.656. The number of hydrogen-bond donors (Lipinski definition) is 1. The molecule has 0 saturated heterocycles. The Kier molecular flexibility index (Phi) is 6.73. The summed E-state index contributed by atoms with van der Waals surface area (Å²) < 4.78 is 5.76. The van der Waals surface area contributed by atoms with Crippen LogP contribution in [0.3, 0.4) is 0 Å². The van der Waals surface area contributed by atoms with Crippen LogP contribution in [-0.2, 0) is 10.2 Å². The monoisotopic (exact) mass is 368 g/mol. The number of halogens is 2. The molecule has 2 N–H and O–H groups in total. The van der Waals surface area contributed by atoms with Gasteiger partial charge < -0.3 is 10.5 Å². The van der Waals surface area contributed by atoms with Gasteiger partial charge in [-0.3, -0.25) is 0 Å². The van der Waals surface area contributed by atoms with E-state index in [2.05, 4.69) is 20.4 Å². The molecule has 0 radical (unpaired) electrons. The second-order valence-electron chi connectivity index (χ2n) is 6.75. The first-order valence-electron chi connectivity index (χ1n) is 8.38. The van der Waals surface area contributed by atoms with Gasteiger partial charge in [0.05, 0.1) is 16.1 Å². The Labute approximate surface area is 154 Å². The van der Waals surface area contributed by atoms with Crippen molar-refractivity contribution in [1.82, 2.24) is 0 Å². The predicted molar refractivity (Wildman–Crippen MR) is 103 cm³/mol. The van der Waals surface area contributed by atoms with Crippen molar-refractivity contribution in [3.05, 3.63) is 46.5 Å².